The summed E-state index contributed by atoms with van der Waals surface area (Å²) in [6.45, 7) is 4.40. The molecule has 3 rings (SSSR count). The predicted octanol–water partition coefficient (Wildman–Crippen LogP) is 5.53. The lowest BCUT2D eigenvalue weighted by molar-refractivity contribution is 0.474. The minimum atomic E-state index is 0.299. The highest BCUT2D eigenvalue weighted by atomic mass is 16.3. The van der Waals surface area contributed by atoms with Gasteiger partial charge in [0.05, 0.1) is 0 Å². The van der Waals surface area contributed by atoms with Gasteiger partial charge in [0.1, 0.15) is 11.5 Å². The van der Waals surface area contributed by atoms with Crippen molar-refractivity contribution in [3.63, 3.8) is 0 Å². The Morgan fingerprint density at radius 3 is 1.30 bits per heavy atom. The summed E-state index contributed by atoms with van der Waals surface area (Å²) >= 11 is 0. The van der Waals surface area contributed by atoms with Gasteiger partial charge in [0.15, 0.2) is 0 Å². The number of phenolic OH excluding ortho intramolecular Hbond substituents is 2. The molecule has 0 heterocycles. The topological polar surface area (TPSA) is 40.5 Å². The van der Waals surface area contributed by atoms with E-state index in [2.05, 4.69) is 13.8 Å². The predicted molar refractivity (Wildman–Crippen MR) is 95.3 cm³/mol. The van der Waals surface area contributed by atoms with Gasteiger partial charge < -0.3 is 10.2 Å². The molecule has 0 aromatic heterocycles. The highest BCUT2D eigenvalue weighted by Crippen LogP contribution is 2.45. The van der Waals surface area contributed by atoms with Crippen molar-refractivity contribution in [2.45, 2.75) is 33.1 Å². The first-order valence-corrected chi connectivity index (χ1v) is 8.17. The van der Waals surface area contributed by atoms with Crippen LogP contribution in [0.15, 0.2) is 59.7 Å². The first-order chi connectivity index (χ1) is 11.1. The number of phenols is 2. The molecule has 1 aliphatic rings. The number of benzene rings is 2. The Labute approximate surface area is 137 Å². The van der Waals surface area contributed by atoms with Crippen LogP contribution in [0.2, 0.25) is 0 Å². The third kappa shape index (κ3) is 2.89. The van der Waals surface area contributed by atoms with Gasteiger partial charge in [0, 0.05) is 0 Å². The smallest absolute Gasteiger partial charge is 0.115 e. The van der Waals surface area contributed by atoms with Gasteiger partial charge >= 0.3 is 0 Å². The zero-order valence-electron chi connectivity index (χ0n) is 13.6. The highest BCUT2D eigenvalue weighted by molar-refractivity contribution is 5.92. The molecular weight excluding hydrogens is 284 g/mol. The standard InChI is InChI=1S/C21H22O2/c1-3-18-19(4-2)21(15-7-11-17(23)12-8-15)13-20(18)14-5-9-16(22)10-6-14/h5-12,22-23H,3-4,13H2,1-2H3. The summed E-state index contributed by atoms with van der Waals surface area (Å²) in [4.78, 5) is 0. The van der Waals surface area contributed by atoms with Crippen LogP contribution in [0, 0.1) is 0 Å². The Balaban J connectivity index is 2.04. The number of rotatable bonds is 4. The molecule has 118 valence electrons. The maximum absolute atomic E-state index is 9.53. The maximum atomic E-state index is 9.53. The van der Waals surface area contributed by atoms with Gasteiger partial charge in [-0.15, -0.1) is 0 Å². The first kappa shape index (κ1) is 15.4. The first-order valence-electron chi connectivity index (χ1n) is 8.17. The fourth-order valence-corrected chi connectivity index (χ4v) is 3.49. The van der Waals surface area contributed by atoms with Gasteiger partial charge in [-0.2, -0.15) is 0 Å². The summed E-state index contributed by atoms with van der Waals surface area (Å²) in [6.07, 6.45) is 2.91. The van der Waals surface area contributed by atoms with Crippen molar-refractivity contribution in [1.82, 2.24) is 0 Å². The van der Waals surface area contributed by atoms with Crippen LogP contribution in [0.5, 0.6) is 11.5 Å². The fraction of sp³-hybridized carbons (Fsp3) is 0.238. The second kappa shape index (κ2) is 6.33. The third-order valence-electron chi connectivity index (χ3n) is 4.59. The number of hydrogen-bond donors (Lipinski definition) is 2. The molecule has 0 spiro atoms. The minimum absolute atomic E-state index is 0.299. The fourth-order valence-electron chi connectivity index (χ4n) is 3.49. The Morgan fingerprint density at radius 2 is 1.00 bits per heavy atom. The van der Waals surface area contributed by atoms with Crippen LogP contribution in [0.25, 0.3) is 11.1 Å². The van der Waals surface area contributed by atoms with Gasteiger partial charge in [0.25, 0.3) is 0 Å². The zero-order valence-corrected chi connectivity index (χ0v) is 13.6. The third-order valence-corrected chi connectivity index (χ3v) is 4.59. The summed E-state index contributed by atoms with van der Waals surface area (Å²) in [5, 5.41) is 19.1. The lowest BCUT2D eigenvalue weighted by atomic mass is 9.96. The van der Waals surface area contributed by atoms with Crippen molar-refractivity contribution in [2.75, 3.05) is 0 Å². The van der Waals surface area contributed by atoms with Gasteiger partial charge in [0.2, 0.25) is 0 Å². The van der Waals surface area contributed by atoms with Gasteiger partial charge in [-0.25, -0.2) is 0 Å². The molecule has 0 atom stereocenters. The van der Waals surface area contributed by atoms with Crippen molar-refractivity contribution in [1.29, 1.82) is 0 Å². The van der Waals surface area contributed by atoms with E-state index < -0.39 is 0 Å². The molecule has 0 fully saturated rings. The SMILES string of the molecule is CCC1=C(c2ccc(O)cc2)CC(c2ccc(O)cc2)=C1CC. The Bertz CT molecular complexity index is 695. The van der Waals surface area contributed by atoms with E-state index in [1.54, 1.807) is 24.3 Å². The van der Waals surface area contributed by atoms with Gasteiger partial charge in [-0.05, 0) is 76.9 Å². The molecule has 0 saturated carbocycles. The average molecular weight is 306 g/mol. The van der Waals surface area contributed by atoms with Crippen LogP contribution in [-0.2, 0) is 0 Å². The van der Waals surface area contributed by atoms with Crippen LogP contribution in [-0.4, -0.2) is 10.2 Å². The molecule has 2 aromatic rings. The number of aromatic hydroxyl groups is 2. The van der Waals surface area contributed by atoms with Crippen LogP contribution >= 0.6 is 0 Å². The van der Waals surface area contributed by atoms with E-state index in [4.69, 9.17) is 0 Å². The van der Waals surface area contributed by atoms with E-state index in [1.165, 1.54) is 33.4 Å². The maximum Gasteiger partial charge on any atom is 0.115 e. The second-order valence-electron chi connectivity index (χ2n) is 5.89. The molecule has 2 aromatic carbocycles. The van der Waals surface area contributed by atoms with Crippen LogP contribution in [0.4, 0.5) is 0 Å². The molecule has 0 aliphatic heterocycles. The minimum Gasteiger partial charge on any atom is -0.508 e. The summed E-state index contributed by atoms with van der Waals surface area (Å²) in [6, 6.07) is 15.0. The molecule has 1 aliphatic carbocycles. The molecule has 0 amide bonds. The molecule has 0 saturated heterocycles. The summed E-state index contributed by atoms with van der Waals surface area (Å²) in [5.41, 5.74) is 7.90. The van der Waals surface area contributed by atoms with E-state index in [0.29, 0.717) is 11.5 Å². The molecule has 0 unspecified atom stereocenters. The van der Waals surface area contributed by atoms with Crippen molar-refractivity contribution in [2.24, 2.45) is 0 Å². The Hall–Kier alpha value is -2.48. The van der Waals surface area contributed by atoms with E-state index in [9.17, 15) is 10.2 Å². The Kier molecular flexibility index (Phi) is 4.24. The normalized spacial score (nSPS) is 14.7. The Morgan fingerprint density at radius 1 is 0.652 bits per heavy atom. The summed E-state index contributed by atoms with van der Waals surface area (Å²) in [7, 11) is 0. The molecule has 2 N–H and O–H groups in total. The zero-order chi connectivity index (χ0) is 16.4. The van der Waals surface area contributed by atoms with Crippen LogP contribution in [0.3, 0.4) is 0 Å². The second-order valence-corrected chi connectivity index (χ2v) is 5.89. The molecule has 0 radical (unpaired) electrons. The average Bonchev–Trinajstić information content (AvgIpc) is 2.94. The van der Waals surface area contributed by atoms with Crippen LogP contribution < -0.4 is 0 Å². The van der Waals surface area contributed by atoms with Crippen molar-refractivity contribution >= 4 is 11.1 Å². The van der Waals surface area contributed by atoms with E-state index in [1.807, 2.05) is 24.3 Å². The monoisotopic (exact) mass is 306 g/mol. The lowest BCUT2D eigenvalue weighted by Gasteiger charge is -2.09. The largest absolute Gasteiger partial charge is 0.508 e. The molecular formula is C21H22O2. The number of hydrogen-bond acceptors (Lipinski definition) is 2. The van der Waals surface area contributed by atoms with Crippen LogP contribution in [0.1, 0.15) is 44.2 Å². The quantitative estimate of drug-likeness (QED) is 0.779. The molecule has 23 heavy (non-hydrogen) atoms. The summed E-state index contributed by atoms with van der Waals surface area (Å²) < 4.78 is 0. The molecule has 2 nitrogen and oxygen atoms in total. The van der Waals surface area contributed by atoms with E-state index in [0.717, 1.165) is 19.3 Å². The van der Waals surface area contributed by atoms with Crippen molar-refractivity contribution < 1.29 is 10.2 Å². The lowest BCUT2D eigenvalue weighted by Crippen LogP contribution is -1.88. The van der Waals surface area contributed by atoms with E-state index in [-0.39, 0.29) is 0 Å². The van der Waals surface area contributed by atoms with Gasteiger partial charge in [-0.3, -0.25) is 0 Å². The van der Waals surface area contributed by atoms with Crippen molar-refractivity contribution in [3.05, 3.63) is 70.8 Å². The summed E-state index contributed by atoms with van der Waals surface area (Å²) in [5.74, 6) is 0.598. The molecule has 2 heteroatoms. The highest BCUT2D eigenvalue weighted by Gasteiger charge is 2.24. The van der Waals surface area contributed by atoms with Gasteiger partial charge in [-0.1, -0.05) is 38.1 Å². The molecule has 0 bridgehead atoms. The van der Waals surface area contributed by atoms with Crippen molar-refractivity contribution in [3.8, 4) is 11.5 Å². The van der Waals surface area contributed by atoms with E-state index >= 15 is 0 Å². The number of allylic oxidation sites excluding steroid dienone is 4.